The minimum Gasteiger partial charge on any atom is -1.00 e. The molecule has 0 aliphatic heterocycles. The molecule has 5 heteroatoms. The zero-order valence-corrected chi connectivity index (χ0v) is 19.4. The number of unbranched alkanes of at least 4 members (excludes halogenated alkanes) is 2. The standard InChI is InChI=1S/C18H25Si.3ClH.Ti/c1-4-5-6-7-16-8-9-17(13-16)19-18-11-14(2)10-15(3)12-18;;;;/h9-12H,4-8,19H2,1-3H3;3*1H;/q-1;;;;+4/p-3. The Hall–Kier alpha value is 0.501. The quantitative estimate of drug-likeness (QED) is 0.244. The van der Waals surface area contributed by atoms with Crippen molar-refractivity contribution in [1.82, 2.24) is 0 Å². The van der Waals surface area contributed by atoms with Crippen molar-refractivity contribution in [3.8, 4) is 0 Å². The second-order valence-electron chi connectivity index (χ2n) is 5.79. The Balaban J connectivity index is -0.000001000. The van der Waals surface area contributed by atoms with Gasteiger partial charge in [-0.1, -0.05) is 73.5 Å². The van der Waals surface area contributed by atoms with E-state index in [1.807, 2.05) is 0 Å². The molecule has 0 fully saturated rings. The molecular formula is C18H25Cl3SiTi. The van der Waals surface area contributed by atoms with Crippen LogP contribution in [0.15, 0.2) is 35.0 Å². The molecule has 0 radical (unpaired) electrons. The fourth-order valence-corrected chi connectivity index (χ4v) is 4.75. The molecule has 0 N–H and O–H groups in total. The summed E-state index contributed by atoms with van der Waals surface area (Å²) in [6, 6.07) is 6.98. The van der Waals surface area contributed by atoms with Gasteiger partial charge in [-0.15, -0.1) is 0 Å². The Labute approximate surface area is 177 Å². The largest absolute Gasteiger partial charge is 4.00 e. The van der Waals surface area contributed by atoms with Crippen LogP contribution in [0.25, 0.3) is 0 Å². The Morgan fingerprint density at radius 1 is 1.00 bits per heavy atom. The monoisotopic (exact) mass is 422 g/mol. The minimum absolute atomic E-state index is 0. The Kier molecular flexibility index (Phi) is 18.2. The molecule has 1 aromatic carbocycles. The van der Waals surface area contributed by atoms with Gasteiger partial charge in [0.05, 0.1) is 0 Å². The fraction of sp³-hybridized carbons (Fsp3) is 0.444. The molecular weight excluding hydrogens is 399 g/mol. The molecule has 0 spiro atoms. The zero-order chi connectivity index (χ0) is 13.7. The molecule has 0 unspecified atom stereocenters. The SMILES string of the molecule is CCCCCC1=[C-]C([SiH2]c2cc(C)cc(C)c2)=CC1.[Cl-].[Cl-].[Cl-].[Ti+4]. The molecule has 0 saturated heterocycles. The Morgan fingerprint density at radius 2 is 1.61 bits per heavy atom. The van der Waals surface area contributed by atoms with Crippen molar-refractivity contribution in [2.24, 2.45) is 0 Å². The zero-order valence-electron chi connectivity index (χ0n) is 14.2. The molecule has 2 rings (SSSR count). The van der Waals surface area contributed by atoms with Crippen LogP contribution in [-0.4, -0.2) is 9.52 Å². The minimum atomic E-state index is -0.309. The molecule has 0 heterocycles. The van der Waals surface area contributed by atoms with E-state index in [9.17, 15) is 0 Å². The van der Waals surface area contributed by atoms with Crippen molar-refractivity contribution in [2.45, 2.75) is 52.9 Å². The van der Waals surface area contributed by atoms with Gasteiger partial charge in [0, 0.05) is 9.52 Å². The number of hydrogen-bond acceptors (Lipinski definition) is 0. The van der Waals surface area contributed by atoms with Crippen LogP contribution < -0.4 is 42.4 Å². The first-order valence-electron chi connectivity index (χ1n) is 7.55. The van der Waals surface area contributed by atoms with Crippen LogP contribution in [0.4, 0.5) is 0 Å². The van der Waals surface area contributed by atoms with Gasteiger partial charge in [-0.05, 0) is 13.8 Å². The van der Waals surface area contributed by atoms with E-state index in [0.717, 1.165) is 6.42 Å². The van der Waals surface area contributed by atoms with Crippen LogP contribution in [0.5, 0.6) is 0 Å². The molecule has 0 aromatic heterocycles. The smallest absolute Gasteiger partial charge is 1.00 e. The van der Waals surface area contributed by atoms with Gasteiger partial charge < -0.3 is 37.2 Å². The topological polar surface area (TPSA) is 0 Å². The van der Waals surface area contributed by atoms with Gasteiger partial charge in [0.1, 0.15) is 0 Å². The van der Waals surface area contributed by atoms with Crippen LogP contribution in [0.3, 0.4) is 0 Å². The van der Waals surface area contributed by atoms with Crippen LogP contribution >= 0.6 is 0 Å². The third-order valence-corrected chi connectivity index (χ3v) is 5.35. The first-order valence-corrected chi connectivity index (χ1v) is 8.96. The van der Waals surface area contributed by atoms with Crippen LogP contribution in [-0.2, 0) is 21.7 Å². The first-order chi connectivity index (χ1) is 9.17. The summed E-state index contributed by atoms with van der Waals surface area (Å²) in [6.07, 6.45) is 12.5. The maximum atomic E-state index is 3.68. The van der Waals surface area contributed by atoms with E-state index < -0.39 is 0 Å². The van der Waals surface area contributed by atoms with Crippen LogP contribution in [0, 0.1) is 19.9 Å². The Bertz CT molecular complexity index is 493. The van der Waals surface area contributed by atoms with Crippen LogP contribution in [0.2, 0.25) is 0 Å². The summed E-state index contributed by atoms with van der Waals surface area (Å²) in [5, 5.41) is 3.09. The molecule has 0 nitrogen and oxygen atoms in total. The molecule has 0 saturated carbocycles. The predicted octanol–water partition coefficient (Wildman–Crippen LogP) is -5.30. The van der Waals surface area contributed by atoms with Gasteiger partial charge in [-0.2, -0.15) is 5.57 Å². The average Bonchev–Trinajstić information content (AvgIpc) is 2.76. The van der Waals surface area contributed by atoms with E-state index in [2.05, 4.69) is 51.1 Å². The van der Waals surface area contributed by atoms with Gasteiger partial charge in [0.15, 0.2) is 0 Å². The van der Waals surface area contributed by atoms with Gasteiger partial charge in [0.2, 0.25) is 0 Å². The second kappa shape index (κ2) is 14.8. The summed E-state index contributed by atoms with van der Waals surface area (Å²) in [7, 11) is -0.309. The molecule has 0 amide bonds. The average molecular weight is 424 g/mol. The summed E-state index contributed by atoms with van der Waals surface area (Å²) < 4.78 is 0. The van der Waals surface area contributed by atoms with E-state index in [-0.39, 0.29) is 68.5 Å². The Morgan fingerprint density at radius 3 is 2.17 bits per heavy atom. The number of rotatable bonds is 6. The molecule has 1 aliphatic rings. The van der Waals surface area contributed by atoms with Crippen molar-refractivity contribution in [3.05, 3.63) is 52.2 Å². The van der Waals surface area contributed by atoms with Gasteiger partial charge in [0.25, 0.3) is 0 Å². The number of hydrogen-bond donors (Lipinski definition) is 0. The third-order valence-electron chi connectivity index (χ3n) is 3.69. The second-order valence-corrected chi connectivity index (χ2v) is 7.72. The number of halogens is 3. The van der Waals surface area contributed by atoms with E-state index in [1.165, 1.54) is 42.0 Å². The predicted molar refractivity (Wildman–Crippen MR) is 87.7 cm³/mol. The van der Waals surface area contributed by atoms with Crippen molar-refractivity contribution >= 4 is 14.7 Å². The van der Waals surface area contributed by atoms with E-state index in [1.54, 1.807) is 10.8 Å². The summed E-state index contributed by atoms with van der Waals surface area (Å²) >= 11 is 0. The van der Waals surface area contributed by atoms with Gasteiger partial charge in [-0.3, -0.25) is 6.08 Å². The summed E-state index contributed by atoms with van der Waals surface area (Å²) in [6.45, 7) is 6.66. The van der Waals surface area contributed by atoms with Crippen LogP contribution in [0.1, 0.15) is 50.2 Å². The van der Waals surface area contributed by atoms with Crippen molar-refractivity contribution in [3.63, 3.8) is 0 Å². The number of benzene rings is 1. The third kappa shape index (κ3) is 10.2. The van der Waals surface area contributed by atoms with Gasteiger partial charge >= 0.3 is 21.7 Å². The molecule has 0 bridgehead atoms. The van der Waals surface area contributed by atoms with E-state index >= 15 is 0 Å². The molecule has 126 valence electrons. The molecule has 1 aromatic rings. The van der Waals surface area contributed by atoms with E-state index in [0.29, 0.717) is 0 Å². The number of allylic oxidation sites excluding steroid dienone is 4. The number of aryl methyl sites for hydroxylation is 2. The first kappa shape index (κ1) is 28.3. The fourth-order valence-electron chi connectivity index (χ4n) is 2.84. The molecule has 23 heavy (non-hydrogen) atoms. The molecule has 0 atom stereocenters. The maximum absolute atomic E-state index is 3.68. The molecule has 1 aliphatic carbocycles. The normalized spacial score (nSPS) is 12.5. The van der Waals surface area contributed by atoms with Gasteiger partial charge in [-0.25, -0.2) is 11.3 Å². The maximum Gasteiger partial charge on any atom is 4.00 e. The van der Waals surface area contributed by atoms with Crippen molar-refractivity contribution < 1.29 is 58.9 Å². The van der Waals surface area contributed by atoms with E-state index in [4.69, 9.17) is 0 Å². The summed E-state index contributed by atoms with van der Waals surface area (Å²) in [4.78, 5) is 0. The summed E-state index contributed by atoms with van der Waals surface area (Å²) in [5.74, 6) is 0. The summed E-state index contributed by atoms with van der Waals surface area (Å²) in [5.41, 5.74) is 4.34. The van der Waals surface area contributed by atoms with Crippen molar-refractivity contribution in [1.29, 1.82) is 0 Å². The van der Waals surface area contributed by atoms with Crippen molar-refractivity contribution in [2.75, 3.05) is 0 Å².